The largest absolute Gasteiger partial charge is 0.261 e. The van der Waals surface area contributed by atoms with E-state index in [0.717, 1.165) is 0 Å². The van der Waals surface area contributed by atoms with Gasteiger partial charge in [0, 0.05) is 6.42 Å². The number of benzene rings is 1. The van der Waals surface area contributed by atoms with Crippen molar-refractivity contribution in [3.05, 3.63) is 48.5 Å². The zero-order chi connectivity index (χ0) is 26.2. The fourth-order valence-corrected chi connectivity index (χ4v) is 5.64. The number of hydrogen-bond donors (Lipinski definition) is 0. The molecule has 0 radical (unpaired) electrons. The van der Waals surface area contributed by atoms with E-state index in [1.54, 1.807) is 0 Å². The number of nitrogens with zero attached hydrogens (tertiary/aromatic N) is 2. The van der Waals surface area contributed by atoms with Crippen LogP contribution in [0.25, 0.3) is 5.69 Å². The summed E-state index contributed by atoms with van der Waals surface area (Å²) in [5, 5.41) is 0. The Balaban J connectivity index is 1.64. The van der Waals surface area contributed by atoms with Crippen LogP contribution >= 0.6 is 0 Å². The monoisotopic (exact) mass is 509 g/mol. The molecule has 0 fully saturated rings. The molecule has 0 N–H and O–H groups in total. The molecule has 2 heteroatoms. The van der Waals surface area contributed by atoms with E-state index in [2.05, 4.69) is 65.7 Å². The first kappa shape index (κ1) is 31.6. The van der Waals surface area contributed by atoms with Gasteiger partial charge in [0.2, 0.25) is 0 Å². The molecule has 1 heterocycles. The van der Waals surface area contributed by atoms with Gasteiger partial charge in [0.05, 0.1) is 6.54 Å². The highest BCUT2D eigenvalue weighted by atomic mass is 15.1. The van der Waals surface area contributed by atoms with Crippen molar-refractivity contribution in [2.45, 2.75) is 168 Å². The Hall–Kier alpha value is -1.57. The molecule has 0 aliphatic rings. The molecule has 0 saturated heterocycles. The Labute approximate surface area is 231 Å². The first-order valence-corrected chi connectivity index (χ1v) is 16.5. The number of rotatable bonds is 25. The maximum atomic E-state index is 2.55. The molecular weight excluding hydrogens is 448 g/mol. The van der Waals surface area contributed by atoms with Crippen LogP contribution in [0.1, 0.15) is 161 Å². The minimum Gasteiger partial charge on any atom is -0.234 e. The first-order chi connectivity index (χ1) is 18.4. The summed E-state index contributed by atoms with van der Waals surface area (Å²) in [6.07, 6.45) is 36.8. The lowest BCUT2D eigenvalue weighted by Gasteiger charge is -2.07. The van der Waals surface area contributed by atoms with Crippen molar-refractivity contribution >= 4 is 0 Å². The molecule has 37 heavy (non-hydrogen) atoms. The third kappa shape index (κ3) is 14.8. The van der Waals surface area contributed by atoms with Gasteiger partial charge in [-0.1, -0.05) is 154 Å². The van der Waals surface area contributed by atoms with Crippen LogP contribution in [0.3, 0.4) is 0 Å². The first-order valence-electron chi connectivity index (χ1n) is 16.5. The van der Waals surface area contributed by atoms with E-state index in [9.17, 15) is 0 Å². The summed E-state index contributed by atoms with van der Waals surface area (Å²) in [6.45, 7) is 5.77. The normalized spacial score (nSPS) is 11.4. The van der Waals surface area contributed by atoms with Crippen molar-refractivity contribution in [1.29, 1.82) is 0 Å². The van der Waals surface area contributed by atoms with E-state index >= 15 is 0 Å². The molecule has 1 aromatic carbocycles. The van der Waals surface area contributed by atoms with Crippen molar-refractivity contribution in [1.82, 2.24) is 4.57 Å². The highest BCUT2D eigenvalue weighted by Gasteiger charge is 2.18. The minimum absolute atomic E-state index is 1.17. The Bertz CT molecular complexity index is 748. The topological polar surface area (TPSA) is 8.81 Å². The molecule has 0 aliphatic heterocycles. The predicted octanol–water partition coefficient (Wildman–Crippen LogP) is 10.9. The number of para-hydroxylation sites is 1. The van der Waals surface area contributed by atoms with E-state index in [0.29, 0.717) is 0 Å². The molecule has 0 atom stereocenters. The molecule has 2 rings (SSSR count). The van der Waals surface area contributed by atoms with E-state index in [4.69, 9.17) is 0 Å². The molecule has 2 nitrogen and oxygen atoms in total. The van der Waals surface area contributed by atoms with Crippen LogP contribution < -0.4 is 4.57 Å². The second-order valence-electron chi connectivity index (χ2n) is 11.4. The molecule has 0 unspecified atom stereocenters. The average Bonchev–Trinajstić information content (AvgIpc) is 3.33. The molecule has 0 bridgehead atoms. The third-order valence-corrected chi connectivity index (χ3v) is 8.05. The van der Waals surface area contributed by atoms with E-state index in [1.165, 1.54) is 166 Å². The van der Waals surface area contributed by atoms with Crippen LogP contribution in [0.15, 0.2) is 42.7 Å². The number of aromatic nitrogens is 2. The SMILES string of the molecule is CCCCCCCCCCCCCCCCc1n(-c2ccccc2)cc[n+]1CCCCCCCCCC. The second-order valence-corrected chi connectivity index (χ2v) is 11.4. The quantitative estimate of drug-likeness (QED) is 0.0929. The molecule has 0 saturated carbocycles. The maximum absolute atomic E-state index is 2.55. The van der Waals surface area contributed by atoms with Gasteiger partial charge >= 0.3 is 0 Å². The van der Waals surface area contributed by atoms with Crippen molar-refractivity contribution in [3.63, 3.8) is 0 Å². The number of aryl methyl sites for hydroxylation is 1. The summed E-state index contributed by atoms with van der Waals surface area (Å²) >= 11 is 0. The van der Waals surface area contributed by atoms with Crippen LogP contribution in [0.4, 0.5) is 0 Å². The van der Waals surface area contributed by atoms with Crippen LogP contribution in [0.2, 0.25) is 0 Å². The zero-order valence-corrected chi connectivity index (χ0v) is 24.9. The lowest BCUT2D eigenvalue weighted by molar-refractivity contribution is -0.704. The molecule has 210 valence electrons. The van der Waals surface area contributed by atoms with Crippen LogP contribution in [0.5, 0.6) is 0 Å². The van der Waals surface area contributed by atoms with Crippen molar-refractivity contribution in [2.75, 3.05) is 0 Å². The Morgan fingerprint density at radius 2 is 0.946 bits per heavy atom. The van der Waals surface area contributed by atoms with Gasteiger partial charge in [-0.25, -0.2) is 4.57 Å². The van der Waals surface area contributed by atoms with Gasteiger partial charge in [0.25, 0.3) is 5.82 Å². The van der Waals surface area contributed by atoms with Crippen LogP contribution in [0, 0.1) is 0 Å². The summed E-state index contributed by atoms with van der Waals surface area (Å²) in [7, 11) is 0. The predicted molar refractivity (Wildman–Crippen MR) is 163 cm³/mol. The summed E-state index contributed by atoms with van der Waals surface area (Å²) in [5.74, 6) is 1.49. The summed E-state index contributed by atoms with van der Waals surface area (Å²) < 4.78 is 4.99. The average molecular weight is 510 g/mol. The van der Waals surface area contributed by atoms with Gasteiger partial charge in [0.1, 0.15) is 18.1 Å². The molecule has 2 aromatic rings. The number of hydrogen-bond acceptors (Lipinski definition) is 0. The summed E-state index contributed by atoms with van der Waals surface area (Å²) in [4.78, 5) is 0. The van der Waals surface area contributed by atoms with E-state index < -0.39 is 0 Å². The van der Waals surface area contributed by atoms with E-state index in [1.807, 2.05) is 0 Å². The zero-order valence-electron chi connectivity index (χ0n) is 24.9. The van der Waals surface area contributed by atoms with Gasteiger partial charge in [-0.2, -0.15) is 4.57 Å². The molecule has 0 amide bonds. The number of imidazole rings is 1. The van der Waals surface area contributed by atoms with Gasteiger partial charge < -0.3 is 0 Å². The fraction of sp³-hybridized carbons (Fsp3) is 0.743. The van der Waals surface area contributed by atoms with Gasteiger partial charge in [-0.05, 0) is 31.4 Å². The maximum Gasteiger partial charge on any atom is 0.261 e. The van der Waals surface area contributed by atoms with Gasteiger partial charge in [-0.15, -0.1) is 0 Å². The Morgan fingerprint density at radius 3 is 1.43 bits per heavy atom. The molecule has 0 aliphatic carbocycles. The summed E-state index contributed by atoms with van der Waals surface area (Å²) in [6, 6.07) is 10.9. The standard InChI is InChI=1S/C35H61N2/c1-3-5-7-9-11-13-14-15-16-17-18-19-21-26-30-35-36(31-27-22-20-12-10-8-6-4-2)32-33-37(35)34-28-24-23-25-29-34/h23-25,28-29,32-33H,3-22,26-27,30-31H2,1-2H3/q+1. The van der Waals surface area contributed by atoms with Crippen LogP contribution in [-0.2, 0) is 13.0 Å². The second kappa shape index (κ2) is 22.4. The fourth-order valence-electron chi connectivity index (χ4n) is 5.64. The highest BCUT2D eigenvalue weighted by molar-refractivity contribution is 5.31. The van der Waals surface area contributed by atoms with Gasteiger partial charge in [0.15, 0.2) is 0 Å². The van der Waals surface area contributed by atoms with Crippen LogP contribution in [-0.4, -0.2) is 4.57 Å². The smallest absolute Gasteiger partial charge is 0.234 e. The lowest BCUT2D eigenvalue weighted by atomic mass is 10.0. The highest BCUT2D eigenvalue weighted by Crippen LogP contribution is 2.16. The van der Waals surface area contributed by atoms with Crippen molar-refractivity contribution in [3.8, 4) is 5.69 Å². The lowest BCUT2D eigenvalue weighted by Crippen LogP contribution is -2.37. The Kier molecular flexibility index (Phi) is 19.2. The molecule has 0 spiro atoms. The van der Waals surface area contributed by atoms with Crippen molar-refractivity contribution < 1.29 is 4.57 Å². The van der Waals surface area contributed by atoms with E-state index in [-0.39, 0.29) is 0 Å². The van der Waals surface area contributed by atoms with Gasteiger partial charge in [-0.3, -0.25) is 0 Å². The van der Waals surface area contributed by atoms with Crippen molar-refractivity contribution in [2.24, 2.45) is 0 Å². The third-order valence-electron chi connectivity index (χ3n) is 8.05. The Morgan fingerprint density at radius 1 is 0.514 bits per heavy atom. The molecular formula is C35H61N2+. The molecule has 1 aromatic heterocycles. The minimum atomic E-state index is 1.17. The summed E-state index contributed by atoms with van der Waals surface area (Å²) in [5.41, 5.74) is 1.30. The number of unbranched alkanes of at least 4 members (excludes halogenated alkanes) is 20.